The maximum absolute atomic E-state index is 4.13. The Morgan fingerprint density at radius 3 is 3.31 bits per heavy atom. The van der Waals surface area contributed by atoms with E-state index in [1.54, 1.807) is 0 Å². The molecule has 1 aliphatic heterocycles. The number of fused-ring (bicyclic) bond motifs is 1. The van der Waals surface area contributed by atoms with Crippen molar-refractivity contribution in [2.24, 2.45) is 5.92 Å². The predicted octanol–water partition coefficient (Wildman–Crippen LogP) is 2.23. The summed E-state index contributed by atoms with van der Waals surface area (Å²) < 4.78 is 5.15. The fourth-order valence-corrected chi connectivity index (χ4v) is 2.92. The van der Waals surface area contributed by atoms with Gasteiger partial charge in [0.2, 0.25) is 0 Å². The number of hydrogen-bond acceptors (Lipinski definition) is 4. The summed E-state index contributed by atoms with van der Waals surface area (Å²) in [5.41, 5.74) is 2.44. The molecule has 1 atom stereocenters. The molecule has 3 rings (SSSR count). The Hall–Kier alpha value is -1.00. The Kier molecular flexibility index (Phi) is 2.84. The average Bonchev–Trinajstić information content (AvgIpc) is 2.77. The molecule has 0 saturated carbocycles. The van der Waals surface area contributed by atoms with Gasteiger partial charge in [-0.1, -0.05) is 10.6 Å². The molecule has 2 heterocycles. The zero-order valence-corrected chi connectivity index (χ0v) is 9.96. The third kappa shape index (κ3) is 2.08. The SMILES string of the molecule is c1cc2snnc2cc1CC1CCCNC1. The number of aromatic nitrogens is 2. The second-order valence-electron chi connectivity index (χ2n) is 4.49. The molecule has 1 unspecified atom stereocenters. The van der Waals surface area contributed by atoms with Crippen molar-refractivity contribution in [1.29, 1.82) is 0 Å². The van der Waals surface area contributed by atoms with Gasteiger partial charge in [0.25, 0.3) is 0 Å². The van der Waals surface area contributed by atoms with E-state index < -0.39 is 0 Å². The van der Waals surface area contributed by atoms with Gasteiger partial charge >= 0.3 is 0 Å². The minimum atomic E-state index is 0.790. The molecule has 0 radical (unpaired) electrons. The molecule has 1 aliphatic rings. The van der Waals surface area contributed by atoms with Gasteiger partial charge in [-0.15, -0.1) is 5.10 Å². The molecule has 1 fully saturated rings. The first-order valence-electron chi connectivity index (χ1n) is 5.83. The van der Waals surface area contributed by atoms with E-state index in [0.29, 0.717) is 0 Å². The van der Waals surface area contributed by atoms with Crippen molar-refractivity contribution in [3.63, 3.8) is 0 Å². The summed E-state index contributed by atoms with van der Waals surface area (Å²) in [5.74, 6) is 0.790. The summed E-state index contributed by atoms with van der Waals surface area (Å²) in [6, 6.07) is 6.55. The fraction of sp³-hybridized carbons (Fsp3) is 0.500. The molecule has 0 amide bonds. The number of benzene rings is 1. The monoisotopic (exact) mass is 233 g/mol. The van der Waals surface area contributed by atoms with Gasteiger partial charge in [-0.2, -0.15) is 0 Å². The Balaban J connectivity index is 1.77. The summed E-state index contributed by atoms with van der Waals surface area (Å²) >= 11 is 1.47. The normalized spacial score (nSPS) is 21.4. The Bertz CT molecular complexity index is 474. The van der Waals surface area contributed by atoms with Crippen LogP contribution in [0, 0.1) is 5.92 Å². The second-order valence-corrected chi connectivity index (χ2v) is 5.28. The maximum Gasteiger partial charge on any atom is 0.106 e. The van der Waals surface area contributed by atoms with Gasteiger partial charge in [0.1, 0.15) is 5.52 Å². The third-order valence-electron chi connectivity index (χ3n) is 3.23. The van der Waals surface area contributed by atoms with Crippen molar-refractivity contribution in [2.45, 2.75) is 19.3 Å². The minimum Gasteiger partial charge on any atom is -0.316 e. The standard InChI is InChI=1S/C12H15N3S/c1-2-10(8-13-5-1)6-9-3-4-12-11(7-9)14-15-16-12/h3-4,7,10,13H,1-2,5-6,8H2. The smallest absolute Gasteiger partial charge is 0.106 e. The van der Waals surface area contributed by atoms with Crippen LogP contribution >= 0.6 is 11.5 Å². The topological polar surface area (TPSA) is 37.8 Å². The number of nitrogens with zero attached hydrogens (tertiary/aromatic N) is 2. The lowest BCUT2D eigenvalue weighted by molar-refractivity contribution is 0.376. The second kappa shape index (κ2) is 4.47. The summed E-state index contributed by atoms with van der Waals surface area (Å²) in [6.07, 6.45) is 3.83. The highest BCUT2D eigenvalue weighted by Crippen LogP contribution is 2.21. The zero-order valence-electron chi connectivity index (χ0n) is 9.15. The van der Waals surface area contributed by atoms with Gasteiger partial charge in [-0.25, -0.2) is 0 Å². The number of nitrogens with one attached hydrogen (secondary N) is 1. The van der Waals surface area contributed by atoms with E-state index in [0.717, 1.165) is 18.0 Å². The van der Waals surface area contributed by atoms with Gasteiger partial charge in [0, 0.05) is 0 Å². The summed E-state index contributed by atoms with van der Waals surface area (Å²) in [5, 5.41) is 7.59. The average molecular weight is 233 g/mol. The lowest BCUT2D eigenvalue weighted by atomic mass is 9.92. The van der Waals surface area contributed by atoms with Crippen LogP contribution in [0.25, 0.3) is 10.2 Å². The van der Waals surface area contributed by atoms with Crippen LogP contribution in [0.3, 0.4) is 0 Å². The van der Waals surface area contributed by atoms with Gasteiger partial charge in [-0.3, -0.25) is 0 Å². The first-order valence-corrected chi connectivity index (χ1v) is 6.61. The lowest BCUT2D eigenvalue weighted by Gasteiger charge is -2.22. The van der Waals surface area contributed by atoms with E-state index in [1.165, 1.54) is 47.6 Å². The van der Waals surface area contributed by atoms with Crippen molar-refractivity contribution >= 4 is 21.7 Å². The highest BCUT2D eigenvalue weighted by Gasteiger charge is 2.13. The van der Waals surface area contributed by atoms with Crippen LogP contribution in [0.1, 0.15) is 18.4 Å². The van der Waals surface area contributed by atoms with Gasteiger partial charge in [0.15, 0.2) is 0 Å². The number of rotatable bonds is 2. The molecule has 84 valence electrons. The molecule has 3 nitrogen and oxygen atoms in total. The van der Waals surface area contributed by atoms with Crippen molar-refractivity contribution in [3.8, 4) is 0 Å². The fourth-order valence-electron chi connectivity index (χ4n) is 2.39. The minimum absolute atomic E-state index is 0.790. The molecular weight excluding hydrogens is 218 g/mol. The maximum atomic E-state index is 4.13. The van der Waals surface area contributed by atoms with Crippen molar-refractivity contribution in [3.05, 3.63) is 23.8 Å². The Labute approximate surface area is 99.0 Å². The molecule has 1 N–H and O–H groups in total. The molecule has 0 bridgehead atoms. The van der Waals surface area contributed by atoms with Gasteiger partial charge < -0.3 is 5.32 Å². The van der Waals surface area contributed by atoms with Crippen LogP contribution in [0.5, 0.6) is 0 Å². The van der Waals surface area contributed by atoms with Crippen LogP contribution < -0.4 is 5.32 Å². The summed E-state index contributed by atoms with van der Waals surface area (Å²) in [4.78, 5) is 0. The van der Waals surface area contributed by atoms with Crippen LogP contribution in [-0.4, -0.2) is 22.7 Å². The molecule has 4 heteroatoms. The molecule has 1 saturated heterocycles. The van der Waals surface area contributed by atoms with Gasteiger partial charge in [-0.05, 0) is 67.5 Å². The van der Waals surface area contributed by atoms with Crippen LogP contribution in [-0.2, 0) is 6.42 Å². The van der Waals surface area contributed by atoms with Crippen LogP contribution in [0.2, 0.25) is 0 Å². The van der Waals surface area contributed by atoms with Gasteiger partial charge in [0.05, 0.1) is 4.70 Å². The third-order valence-corrected chi connectivity index (χ3v) is 3.94. The zero-order chi connectivity index (χ0) is 10.8. The molecule has 16 heavy (non-hydrogen) atoms. The predicted molar refractivity (Wildman–Crippen MR) is 66.7 cm³/mol. The van der Waals surface area contributed by atoms with E-state index in [9.17, 15) is 0 Å². The van der Waals surface area contributed by atoms with E-state index in [2.05, 4.69) is 33.1 Å². The molecule has 0 aliphatic carbocycles. The van der Waals surface area contributed by atoms with E-state index in [4.69, 9.17) is 0 Å². The quantitative estimate of drug-likeness (QED) is 0.864. The Morgan fingerprint density at radius 1 is 1.44 bits per heavy atom. The summed E-state index contributed by atoms with van der Waals surface area (Å²) in [7, 11) is 0. The lowest BCUT2D eigenvalue weighted by Crippen LogP contribution is -2.30. The van der Waals surface area contributed by atoms with E-state index in [-0.39, 0.29) is 0 Å². The first-order chi connectivity index (χ1) is 7.92. The summed E-state index contributed by atoms with van der Waals surface area (Å²) in [6.45, 7) is 2.35. The molecular formula is C12H15N3S. The van der Waals surface area contributed by atoms with E-state index >= 15 is 0 Å². The highest BCUT2D eigenvalue weighted by molar-refractivity contribution is 7.12. The molecule has 2 aromatic rings. The molecule has 0 spiro atoms. The van der Waals surface area contributed by atoms with Crippen molar-refractivity contribution in [2.75, 3.05) is 13.1 Å². The van der Waals surface area contributed by atoms with Crippen LogP contribution in [0.4, 0.5) is 0 Å². The van der Waals surface area contributed by atoms with Crippen molar-refractivity contribution < 1.29 is 0 Å². The molecule has 1 aromatic carbocycles. The first kappa shape index (κ1) is 10.2. The van der Waals surface area contributed by atoms with Crippen LogP contribution in [0.15, 0.2) is 18.2 Å². The number of hydrogen-bond donors (Lipinski definition) is 1. The van der Waals surface area contributed by atoms with Crippen molar-refractivity contribution in [1.82, 2.24) is 14.9 Å². The number of piperidine rings is 1. The Morgan fingerprint density at radius 2 is 2.44 bits per heavy atom. The highest BCUT2D eigenvalue weighted by atomic mass is 32.1. The largest absolute Gasteiger partial charge is 0.316 e. The van der Waals surface area contributed by atoms with E-state index in [1.807, 2.05) is 0 Å². The molecule has 1 aromatic heterocycles.